The number of hydrogen-bond acceptors (Lipinski definition) is 3. The topological polar surface area (TPSA) is 46.5 Å². The van der Waals surface area contributed by atoms with Crippen molar-refractivity contribution in [2.45, 2.75) is 89.8 Å². The van der Waals surface area contributed by atoms with Crippen LogP contribution in [0.3, 0.4) is 0 Å². The van der Waals surface area contributed by atoms with Crippen molar-refractivity contribution in [2.24, 2.45) is 11.8 Å². The molecule has 2 heterocycles. The molecule has 0 spiro atoms. The van der Waals surface area contributed by atoms with E-state index in [9.17, 15) is 4.79 Å². The SMILES string of the molecule is CCCCCCSCC[C@@H]1[C@@H](C/C=C\CCCC(=O)O)[C@H]2CC[C@@H]1O2. The molecule has 2 fully saturated rings. The second kappa shape index (κ2) is 12.0. The monoisotopic (exact) mass is 368 g/mol. The third kappa shape index (κ3) is 7.34. The minimum atomic E-state index is -0.692. The van der Waals surface area contributed by atoms with E-state index in [1.54, 1.807) is 0 Å². The first-order valence-electron chi connectivity index (χ1n) is 10.3. The Kier molecular flexibility index (Phi) is 10.0. The van der Waals surface area contributed by atoms with Crippen molar-refractivity contribution < 1.29 is 14.6 Å². The Morgan fingerprint density at radius 2 is 1.88 bits per heavy atom. The lowest BCUT2D eigenvalue weighted by Crippen LogP contribution is -2.27. The molecule has 25 heavy (non-hydrogen) atoms. The van der Waals surface area contributed by atoms with Crippen molar-refractivity contribution in [2.75, 3.05) is 11.5 Å². The molecule has 1 N–H and O–H groups in total. The Bertz CT molecular complexity index is 410. The van der Waals surface area contributed by atoms with Crippen molar-refractivity contribution in [3.63, 3.8) is 0 Å². The zero-order valence-electron chi connectivity index (χ0n) is 15.8. The summed E-state index contributed by atoms with van der Waals surface area (Å²) >= 11 is 2.13. The summed E-state index contributed by atoms with van der Waals surface area (Å²) in [6.45, 7) is 2.27. The fourth-order valence-electron chi connectivity index (χ4n) is 4.29. The van der Waals surface area contributed by atoms with Gasteiger partial charge in [-0.15, -0.1) is 0 Å². The van der Waals surface area contributed by atoms with Crippen LogP contribution in [0.15, 0.2) is 12.2 Å². The van der Waals surface area contributed by atoms with Gasteiger partial charge in [0, 0.05) is 6.42 Å². The summed E-state index contributed by atoms with van der Waals surface area (Å²) in [5.41, 5.74) is 0. The smallest absolute Gasteiger partial charge is 0.303 e. The van der Waals surface area contributed by atoms with Gasteiger partial charge in [-0.1, -0.05) is 38.3 Å². The number of ether oxygens (including phenoxy) is 1. The minimum absolute atomic E-state index is 0.277. The molecule has 0 aliphatic carbocycles. The number of allylic oxidation sites excluding steroid dienone is 2. The quantitative estimate of drug-likeness (QED) is 0.316. The maximum absolute atomic E-state index is 10.5. The molecule has 0 saturated carbocycles. The van der Waals surface area contributed by atoms with Gasteiger partial charge in [-0.3, -0.25) is 4.79 Å². The molecule has 0 aromatic carbocycles. The molecule has 0 aromatic rings. The van der Waals surface area contributed by atoms with E-state index in [2.05, 4.69) is 30.8 Å². The maximum Gasteiger partial charge on any atom is 0.303 e. The van der Waals surface area contributed by atoms with Crippen LogP contribution in [0.5, 0.6) is 0 Å². The van der Waals surface area contributed by atoms with Gasteiger partial charge >= 0.3 is 5.97 Å². The molecule has 2 saturated heterocycles. The van der Waals surface area contributed by atoms with Gasteiger partial charge in [-0.2, -0.15) is 11.8 Å². The van der Waals surface area contributed by atoms with Crippen molar-refractivity contribution in [1.29, 1.82) is 0 Å². The first-order chi connectivity index (χ1) is 12.2. The fraction of sp³-hybridized carbons (Fsp3) is 0.857. The zero-order valence-corrected chi connectivity index (χ0v) is 16.6. The van der Waals surface area contributed by atoms with E-state index in [4.69, 9.17) is 9.84 Å². The maximum atomic E-state index is 10.5. The number of hydrogen-bond donors (Lipinski definition) is 1. The number of unbranched alkanes of at least 4 members (excludes halogenated alkanes) is 4. The molecule has 2 aliphatic heterocycles. The Morgan fingerprint density at radius 1 is 1.08 bits per heavy atom. The van der Waals surface area contributed by atoms with Gasteiger partial charge in [0.05, 0.1) is 12.2 Å². The van der Waals surface area contributed by atoms with Gasteiger partial charge < -0.3 is 9.84 Å². The molecule has 3 nitrogen and oxygen atoms in total. The predicted octanol–water partition coefficient (Wildman–Crippen LogP) is 5.68. The van der Waals surface area contributed by atoms with E-state index in [1.165, 1.54) is 56.5 Å². The minimum Gasteiger partial charge on any atom is -0.481 e. The molecular weight excluding hydrogens is 332 g/mol. The summed E-state index contributed by atoms with van der Waals surface area (Å²) in [5.74, 6) is 3.33. The summed E-state index contributed by atoms with van der Waals surface area (Å²) in [6, 6.07) is 0. The highest BCUT2D eigenvalue weighted by atomic mass is 32.2. The Labute approximate surface area is 158 Å². The standard InChI is InChI=1S/C21H36O3S/c1-2-3-4-9-15-25-16-14-18-17(19-12-13-20(18)24-19)10-7-5-6-8-11-21(22)23/h5,7,17-20H,2-4,6,8-16H2,1H3,(H,22,23)/b7-5-/t17-,18-,19-,20+/m1/s1. The van der Waals surface area contributed by atoms with E-state index in [0.717, 1.165) is 25.2 Å². The number of fused-ring (bicyclic) bond motifs is 2. The van der Waals surface area contributed by atoms with E-state index in [0.29, 0.717) is 18.1 Å². The second-order valence-corrected chi connectivity index (χ2v) is 8.80. The molecule has 0 radical (unpaired) electrons. The lowest BCUT2D eigenvalue weighted by atomic mass is 9.76. The molecule has 144 valence electrons. The van der Waals surface area contributed by atoms with Gasteiger partial charge in [0.2, 0.25) is 0 Å². The second-order valence-electron chi connectivity index (χ2n) is 7.57. The first-order valence-corrected chi connectivity index (χ1v) is 11.5. The van der Waals surface area contributed by atoms with Gasteiger partial charge in [0.1, 0.15) is 0 Å². The number of rotatable bonds is 14. The van der Waals surface area contributed by atoms with E-state index in [1.807, 2.05) is 0 Å². The summed E-state index contributed by atoms with van der Waals surface area (Å²) in [5, 5.41) is 8.67. The lowest BCUT2D eigenvalue weighted by molar-refractivity contribution is -0.137. The predicted molar refractivity (Wildman–Crippen MR) is 106 cm³/mol. The summed E-state index contributed by atoms with van der Waals surface area (Å²) < 4.78 is 6.20. The van der Waals surface area contributed by atoms with Crippen LogP contribution in [0.1, 0.15) is 77.6 Å². The fourth-order valence-corrected chi connectivity index (χ4v) is 5.34. The van der Waals surface area contributed by atoms with Crippen LogP contribution in [-0.2, 0) is 9.53 Å². The van der Waals surface area contributed by atoms with E-state index < -0.39 is 5.97 Å². The third-order valence-corrected chi connectivity index (χ3v) is 6.77. The lowest BCUT2D eigenvalue weighted by Gasteiger charge is -2.27. The van der Waals surface area contributed by atoms with E-state index in [-0.39, 0.29) is 6.42 Å². The molecule has 0 amide bonds. The molecule has 2 rings (SSSR count). The number of carboxylic acids is 1. The molecule has 2 aliphatic rings. The molecule has 0 aromatic heterocycles. The molecule has 0 unspecified atom stereocenters. The van der Waals surface area contributed by atoms with E-state index >= 15 is 0 Å². The van der Waals surface area contributed by atoms with Crippen LogP contribution in [-0.4, -0.2) is 34.8 Å². The van der Waals surface area contributed by atoms with Gasteiger partial charge in [-0.25, -0.2) is 0 Å². The highest BCUT2D eigenvalue weighted by molar-refractivity contribution is 7.99. The normalized spacial score (nSPS) is 28.2. The van der Waals surface area contributed by atoms with Crippen molar-refractivity contribution in [3.05, 3.63) is 12.2 Å². The Hall–Kier alpha value is -0.480. The number of carbonyl (C=O) groups is 1. The third-order valence-electron chi connectivity index (χ3n) is 5.66. The van der Waals surface area contributed by atoms with Crippen molar-refractivity contribution >= 4 is 17.7 Å². The highest BCUT2D eigenvalue weighted by Crippen LogP contribution is 2.47. The molecular formula is C21H36O3S. The summed E-state index contributed by atoms with van der Waals surface area (Å²) in [6.07, 6.45) is 17.7. The molecule has 4 heteroatoms. The van der Waals surface area contributed by atoms with Crippen LogP contribution in [0.25, 0.3) is 0 Å². The number of thioether (sulfide) groups is 1. The largest absolute Gasteiger partial charge is 0.481 e. The molecule has 2 bridgehead atoms. The van der Waals surface area contributed by atoms with Gasteiger partial charge in [0.25, 0.3) is 0 Å². The van der Waals surface area contributed by atoms with Crippen LogP contribution in [0.4, 0.5) is 0 Å². The van der Waals surface area contributed by atoms with Crippen LogP contribution < -0.4 is 0 Å². The number of aliphatic carboxylic acids is 1. The summed E-state index contributed by atoms with van der Waals surface area (Å²) in [4.78, 5) is 10.5. The molecule has 4 atom stereocenters. The van der Waals surface area contributed by atoms with Crippen molar-refractivity contribution in [3.8, 4) is 0 Å². The Balaban J connectivity index is 1.63. The average molecular weight is 369 g/mol. The van der Waals surface area contributed by atoms with Crippen LogP contribution in [0, 0.1) is 11.8 Å². The Morgan fingerprint density at radius 3 is 2.64 bits per heavy atom. The van der Waals surface area contributed by atoms with Gasteiger partial charge in [-0.05, 0) is 68.3 Å². The number of carboxylic acid groups (broad SMARTS) is 1. The summed E-state index contributed by atoms with van der Waals surface area (Å²) in [7, 11) is 0. The highest BCUT2D eigenvalue weighted by Gasteiger charge is 2.47. The first kappa shape index (κ1) is 20.8. The average Bonchev–Trinajstić information content (AvgIpc) is 3.19. The zero-order chi connectivity index (χ0) is 17.9. The van der Waals surface area contributed by atoms with Crippen LogP contribution >= 0.6 is 11.8 Å². The van der Waals surface area contributed by atoms with Crippen LogP contribution in [0.2, 0.25) is 0 Å². The van der Waals surface area contributed by atoms with Gasteiger partial charge in [0.15, 0.2) is 0 Å². The van der Waals surface area contributed by atoms with Crippen molar-refractivity contribution in [1.82, 2.24) is 0 Å².